The highest BCUT2D eigenvalue weighted by Gasteiger charge is 2.05. The number of thiazole rings is 1. The van der Waals surface area contributed by atoms with Crippen LogP contribution in [0.4, 0.5) is 0 Å². The van der Waals surface area contributed by atoms with E-state index in [0.717, 1.165) is 23.8 Å². The SMILES string of the molecule is Cc1nc(CN(C)CC(C)Cl)cs1. The van der Waals surface area contributed by atoms with Crippen molar-refractivity contribution in [2.45, 2.75) is 25.8 Å². The maximum atomic E-state index is 5.88. The highest BCUT2D eigenvalue weighted by molar-refractivity contribution is 7.09. The summed E-state index contributed by atoms with van der Waals surface area (Å²) in [6, 6.07) is 0. The molecule has 4 heteroatoms. The predicted molar refractivity (Wildman–Crippen MR) is 58.5 cm³/mol. The van der Waals surface area contributed by atoms with Crippen molar-refractivity contribution in [1.29, 1.82) is 0 Å². The Bertz CT molecular complexity index is 260. The van der Waals surface area contributed by atoms with Gasteiger partial charge in [-0.05, 0) is 20.9 Å². The molecule has 1 aromatic rings. The summed E-state index contributed by atoms with van der Waals surface area (Å²) < 4.78 is 0. The predicted octanol–water partition coefficient (Wildman–Crippen LogP) is 2.51. The summed E-state index contributed by atoms with van der Waals surface area (Å²) in [5, 5.41) is 3.43. The highest BCUT2D eigenvalue weighted by Crippen LogP contribution is 2.10. The number of halogens is 1. The van der Waals surface area contributed by atoms with E-state index in [-0.39, 0.29) is 5.38 Å². The van der Waals surface area contributed by atoms with E-state index in [1.807, 2.05) is 13.8 Å². The van der Waals surface area contributed by atoms with Crippen LogP contribution in [0, 0.1) is 6.92 Å². The maximum Gasteiger partial charge on any atom is 0.0897 e. The Morgan fingerprint density at radius 1 is 1.69 bits per heavy atom. The van der Waals surface area contributed by atoms with E-state index in [9.17, 15) is 0 Å². The average molecular weight is 219 g/mol. The standard InChI is InChI=1S/C9H15ClN2S/c1-7(10)4-12(3)5-9-6-13-8(2)11-9/h6-7H,4-5H2,1-3H3. The van der Waals surface area contributed by atoms with Crippen LogP contribution in [0.15, 0.2) is 5.38 Å². The molecule has 0 aliphatic heterocycles. The van der Waals surface area contributed by atoms with Crippen LogP contribution in [0.3, 0.4) is 0 Å². The molecule has 0 saturated carbocycles. The molecule has 0 N–H and O–H groups in total. The van der Waals surface area contributed by atoms with Gasteiger partial charge in [0.25, 0.3) is 0 Å². The molecule has 2 nitrogen and oxygen atoms in total. The quantitative estimate of drug-likeness (QED) is 0.722. The summed E-state index contributed by atoms with van der Waals surface area (Å²) in [6.45, 7) is 5.82. The van der Waals surface area contributed by atoms with Gasteiger partial charge in [0.1, 0.15) is 0 Å². The fourth-order valence-corrected chi connectivity index (χ4v) is 2.09. The van der Waals surface area contributed by atoms with Gasteiger partial charge in [-0.1, -0.05) is 0 Å². The molecule has 13 heavy (non-hydrogen) atoms. The summed E-state index contributed by atoms with van der Waals surface area (Å²) in [6.07, 6.45) is 0. The molecule has 0 fully saturated rings. The van der Waals surface area contributed by atoms with Gasteiger partial charge in [0.05, 0.1) is 10.7 Å². The monoisotopic (exact) mass is 218 g/mol. The topological polar surface area (TPSA) is 16.1 Å². The molecule has 1 aromatic heterocycles. The highest BCUT2D eigenvalue weighted by atomic mass is 35.5. The van der Waals surface area contributed by atoms with Crippen LogP contribution in [0.2, 0.25) is 0 Å². The Morgan fingerprint density at radius 3 is 2.85 bits per heavy atom. The summed E-state index contributed by atoms with van der Waals surface area (Å²) in [7, 11) is 2.06. The van der Waals surface area contributed by atoms with Crippen LogP contribution in [0.25, 0.3) is 0 Å². The minimum Gasteiger partial charge on any atom is -0.299 e. The second-order valence-corrected chi connectivity index (χ2v) is 5.14. The largest absolute Gasteiger partial charge is 0.299 e. The number of rotatable bonds is 4. The molecular weight excluding hydrogens is 204 g/mol. The van der Waals surface area contributed by atoms with Crippen molar-refractivity contribution in [3.05, 3.63) is 16.1 Å². The van der Waals surface area contributed by atoms with Crippen LogP contribution < -0.4 is 0 Å². The van der Waals surface area contributed by atoms with E-state index >= 15 is 0 Å². The molecule has 0 spiro atoms. The average Bonchev–Trinajstić information content (AvgIpc) is 2.33. The number of aromatic nitrogens is 1. The van der Waals surface area contributed by atoms with Gasteiger partial charge >= 0.3 is 0 Å². The van der Waals surface area contributed by atoms with Gasteiger partial charge in [0, 0.05) is 23.8 Å². The summed E-state index contributed by atoms with van der Waals surface area (Å²) in [5.74, 6) is 0. The molecule has 1 atom stereocenters. The third-order valence-electron chi connectivity index (χ3n) is 1.66. The Labute approximate surface area is 88.5 Å². The molecule has 74 valence electrons. The normalized spacial score (nSPS) is 13.6. The third kappa shape index (κ3) is 4.07. The van der Waals surface area contributed by atoms with Gasteiger partial charge in [0.15, 0.2) is 0 Å². The van der Waals surface area contributed by atoms with Gasteiger partial charge in [-0.3, -0.25) is 4.90 Å². The summed E-state index contributed by atoms with van der Waals surface area (Å²) >= 11 is 7.58. The van der Waals surface area contributed by atoms with Crippen molar-refractivity contribution >= 4 is 22.9 Å². The van der Waals surface area contributed by atoms with Crippen molar-refractivity contribution in [2.75, 3.05) is 13.6 Å². The number of hydrogen-bond donors (Lipinski definition) is 0. The molecule has 0 radical (unpaired) electrons. The van der Waals surface area contributed by atoms with Crippen LogP contribution in [-0.4, -0.2) is 28.9 Å². The first kappa shape index (κ1) is 11.0. The Morgan fingerprint density at radius 2 is 2.38 bits per heavy atom. The smallest absolute Gasteiger partial charge is 0.0897 e. The van der Waals surface area contributed by atoms with E-state index in [0.29, 0.717) is 0 Å². The zero-order valence-electron chi connectivity index (χ0n) is 8.25. The van der Waals surface area contributed by atoms with Crippen LogP contribution in [0.1, 0.15) is 17.6 Å². The van der Waals surface area contributed by atoms with E-state index < -0.39 is 0 Å². The third-order valence-corrected chi connectivity index (χ3v) is 2.62. The number of nitrogens with zero attached hydrogens (tertiary/aromatic N) is 2. The Kier molecular flexibility index (Phi) is 4.16. The van der Waals surface area contributed by atoms with Gasteiger partial charge in [-0.2, -0.15) is 0 Å². The van der Waals surface area contributed by atoms with Gasteiger partial charge in [0.2, 0.25) is 0 Å². The first-order chi connectivity index (χ1) is 6.08. The van der Waals surface area contributed by atoms with E-state index in [1.54, 1.807) is 11.3 Å². The fraction of sp³-hybridized carbons (Fsp3) is 0.667. The second kappa shape index (κ2) is 4.94. The molecule has 0 bridgehead atoms. The minimum absolute atomic E-state index is 0.199. The molecule has 1 unspecified atom stereocenters. The number of hydrogen-bond acceptors (Lipinski definition) is 3. The first-order valence-corrected chi connectivity index (χ1v) is 5.63. The Hall–Kier alpha value is -0.120. The lowest BCUT2D eigenvalue weighted by Crippen LogP contribution is -2.24. The van der Waals surface area contributed by atoms with E-state index in [1.165, 1.54) is 0 Å². The first-order valence-electron chi connectivity index (χ1n) is 4.31. The molecule has 0 aliphatic rings. The van der Waals surface area contributed by atoms with Gasteiger partial charge in [-0.15, -0.1) is 22.9 Å². The molecular formula is C9H15ClN2S. The summed E-state index contributed by atoms with van der Waals surface area (Å²) in [5.41, 5.74) is 1.14. The van der Waals surface area contributed by atoms with Crippen molar-refractivity contribution < 1.29 is 0 Å². The lowest BCUT2D eigenvalue weighted by molar-refractivity contribution is 0.326. The Balaban J connectivity index is 2.40. The lowest BCUT2D eigenvalue weighted by atomic mass is 10.4. The molecule has 1 heterocycles. The van der Waals surface area contributed by atoms with Crippen LogP contribution >= 0.6 is 22.9 Å². The maximum absolute atomic E-state index is 5.88. The van der Waals surface area contributed by atoms with Crippen molar-refractivity contribution in [3.63, 3.8) is 0 Å². The van der Waals surface area contributed by atoms with E-state index in [2.05, 4.69) is 22.3 Å². The molecule has 0 amide bonds. The molecule has 0 saturated heterocycles. The van der Waals surface area contributed by atoms with E-state index in [4.69, 9.17) is 11.6 Å². The minimum atomic E-state index is 0.199. The fourth-order valence-electron chi connectivity index (χ4n) is 1.25. The molecule has 0 aromatic carbocycles. The molecule has 0 aliphatic carbocycles. The van der Waals surface area contributed by atoms with Crippen LogP contribution in [-0.2, 0) is 6.54 Å². The van der Waals surface area contributed by atoms with Crippen molar-refractivity contribution in [3.8, 4) is 0 Å². The lowest BCUT2D eigenvalue weighted by Gasteiger charge is -2.16. The van der Waals surface area contributed by atoms with Gasteiger partial charge in [-0.25, -0.2) is 4.98 Å². The van der Waals surface area contributed by atoms with Gasteiger partial charge < -0.3 is 0 Å². The second-order valence-electron chi connectivity index (χ2n) is 3.34. The van der Waals surface area contributed by atoms with Crippen LogP contribution in [0.5, 0.6) is 0 Å². The zero-order chi connectivity index (χ0) is 9.84. The van der Waals surface area contributed by atoms with Crippen molar-refractivity contribution in [1.82, 2.24) is 9.88 Å². The van der Waals surface area contributed by atoms with Crippen molar-refractivity contribution in [2.24, 2.45) is 0 Å². The molecule has 1 rings (SSSR count). The summed E-state index contributed by atoms with van der Waals surface area (Å²) in [4.78, 5) is 6.58. The number of aryl methyl sites for hydroxylation is 1. The number of alkyl halides is 1. The zero-order valence-corrected chi connectivity index (χ0v) is 9.82.